The van der Waals surface area contributed by atoms with E-state index in [-0.39, 0.29) is 35.5 Å². The van der Waals surface area contributed by atoms with E-state index in [1.54, 1.807) is 0 Å². The number of nitrogens with zero attached hydrogens (tertiary/aromatic N) is 1. The van der Waals surface area contributed by atoms with Gasteiger partial charge in [0.2, 0.25) is 0 Å². The second-order valence-electron chi connectivity index (χ2n) is 8.54. The molecule has 0 radical (unpaired) electrons. The van der Waals surface area contributed by atoms with E-state index in [1.165, 1.54) is 17.5 Å². The van der Waals surface area contributed by atoms with Crippen molar-refractivity contribution in [3.05, 3.63) is 35.4 Å². The fraction of sp³-hybridized carbons (Fsp3) is 0.696. The molecule has 0 aromatic heterocycles. The molecule has 1 fully saturated rings. The lowest BCUT2D eigenvalue weighted by molar-refractivity contribution is -0.0835. The maximum atomic E-state index is 6.12. The predicted molar refractivity (Wildman–Crippen MR) is 132 cm³/mol. The number of halogens is 1. The average molecular weight is 517 g/mol. The van der Waals surface area contributed by atoms with Gasteiger partial charge >= 0.3 is 0 Å². The van der Waals surface area contributed by atoms with Gasteiger partial charge in [0.1, 0.15) is 0 Å². The molecule has 1 heterocycles. The second kappa shape index (κ2) is 13.4. The molecule has 2 rings (SSSR count). The second-order valence-corrected chi connectivity index (χ2v) is 8.54. The van der Waals surface area contributed by atoms with Crippen LogP contribution < -0.4 is 10.6 Å². The lowest BCUT2D eigenvalue weighted by atomic mass is 9.78. The molecule has 1 saturated heterocycles. The van der Waals surface area contributed by atoms with E-state index >= 15 is 0 Å². The largest absolute Gasteiger partial charge is 0.377 e. The normalized spacial score (nSPS) is 20.1. The van der Waals surface area contributed by atoms with Crippen molar-refractivity contribution in [3.8, 4) is 0 Å². The summed E-state index contributed by atoms with van der Waals surface area (Å²) < 4.78 is 11.7. The molecule has 0 spiro atoms. The maximum Gasteiger partial charge on any atom is 0.191 e. The average Bonchev–Trinajstić information content (AvgIpc) is 2.68. The standard InChI is InChI=1S/C23H39N3O2.HI/c1-6-24-22(25-15-18-11-8-9-12-20(18)17-27-7-2)26-16-19-13-10-14-28-21(19)23(3,4)5;/h8-9,11-12,19,21H,6-7,10,13-17H2,1-5H3,(H2,24,25,26);1H. The van der Waals surface area contributed by atoms with Crippen LogP contribution in [0.2, 0.25) is 0 Å². The number of nitrogens with one attached hydrogen (secondary N) is 2. The molecule has 29 heavy (non-hydrogen) atoms. The minimum Gasteiger partial charge on any atom is -0.377 e. The zero-order valence-electron chi connectivity index (χ0n) is 18.8. The molecule has 5 nitrogen and oxygen atoms in total. The highest BCUT2D eigenvalue weighted by Gasteiger charge is 2.35. The van der Waals surface area contributed by atoms with Gasteiger partial charge in [-0.15, -0.1) is 24.0 Å². The molecule has 1 aromatic carbocycles. The summed E-state index contributed by atoms with van der Waals surface area (Å²) in [6, 6.07) is 8.37. The van der Waals surface area contributed by atoms with Gasteiger partial charge < -0.3 is 20.1 Å². The van der Waals surface area contributed by atoms with Crippen molar-refractivity contribution >= 4 is 29.9 Å². The number of hydrogen-bond donors (Lipinski definition) is 2. The van der Waals surface area contributed by atoms with E-state index in [0.717, 1.165) is 38.7 Å². The van der Waals surface area contributed by atoms with Gasteiger partial charge in [0.15, 0.2) is 5.96 Å². The molecule has 0 amide bonds. The quantitative estimate of drug-likeness (QED) is 0.297. The molecule has 166 valence electrons. The zero-order chi connectivity index (χ0) is 20.4. The summed E-state index contributed by atoms with van der Waals surface area (Å²) in [4.78, 5) is 4.82. The van der Waals surface area contributed by atoms with E-state index in [9.17, 15) is 0 Å². The number of hydrogen-bond acceptors (Lipinski definition) is 3. The van der Waals surface area contributed by atoms with Crippen LogP contribution >= 0.6 is 24.0 Å². The SMILES string of the molecule is CCNC(=NCc1ccccc1COCC)NCC1CCCOC1C(C)(C)C.I. The summed E-state index contributed by atoms with van der Waals surface area (Å²) >= 11 is 0. The van der Waals surface area contributed by atoms with E-state index in [2.05, 4.69) is 62.6 Å². The number of benzene rings is 1. The molecule has 1 aromatic rings. The van der Waals surface area contributed by atoms with Gasteiger partial charge in [0.05, 0.1) is 19.3 Å². The van der Waals surface area contributed by atoms with Gasteiger partial charge in [0.25, 0.3) is 0 Å². The number of aliphatic imine (C=N–C) groups is 1. The van der Waals surface area contributed by atoms with Crippen molar-refractivity contribution in [2.45, 2.75) is 66.7 Å². The molecule has 0 saturated carbocycles. The van der Waals surface area contributed by atoms with Crippen molar-refractivity contribution in [3.63, 3.8) is 0 Å². The van der Waals surface area contributed by atoms with Gasteiger partial charge in [-0.05, 0) is 43.2 Å². The van der Waals surface area contributed by atoms with Crippen molar-refractivity contribution in [2.24, 2.45) is 16.3 Å². The summed E-state index contributed by atoms with van der Waals surface area (Å²) in [5.41, 5.74) is 2.57. The third-order valence-corrected chi connectivity index (χ3v) is 5.16. The first-order valence-electron chi connectivity index (χ1n) is 10.7. The van der Waals surface area contributed by atoms with Crippen LogP contribution in [0.25, 0.3) is 0 Å². The molecule has 2 N–H and O–H groups in total. The first-order chi connectivity index (χ1) is 13.5. The third-order valence-electron chi connectivity index (χ3n) is 5.16. The van der Waals surface area contributed by atoms with E-state index in [4.69, 9.17) is 14.5 Å². The Morgan fingerprint density at radius 1 is 1.17 bits per heavy atom. The fourth-order valence-electron chi connectivity index (χ4n) is 3.81. The van der Waals surface area contributed by atoms with Gasteiger partial charge in [-0.3, -0.25) is 0 Å². The molecule has 2 unspecified atom stereocenters. The first kappa shape index (κ1) is 26.2. The molecule has 1 aliphatic heterocycles. The summed E-state index contributed by atoms with van der Waals surface area (Å²) in [5, 5.41) is 6.93. The van der Waals surface area contributed by atoms with Gasteiger partial charge in [0, 0.05) is 32.2 Å². The molecular weight excluding hydrogens is 477 g/mol. The van der Waals surface area contributed by atoms with Crippen molar-refractivity contribution in [1.82, 2.24) is 10.6 Å². The molecule has 0 aliphatic carbocycles. The smallest absolute Gasteiger partial charge is 0.191 e. The Bertz CT molecular complexity index is 616. The zero-order valence-corrected chi connectivity index (χ0v) is 21.1. The van der Waals surface area contributed by atoms with E-state index in [0.29, 0.717) is 19.1 Å². The lowest BCUT2D eigenvalue weighted by Crippen LogP contribution is -2.47. The Labute approximate surface area is 194 Å². The summed E-state index contributed by atoms with van der Waals surface area (Å²) in [6.45, 7) is 15.5. The first-order valence-corrected chi connectivity index (χ1v) is 10.7. The summed E-state index contributed by atoms with van der Waals surface area (Å²) in [5.74, 6) is 1.37. The molecule has 2 atom stereocenters. The maximum absolute atomic E-state index is 6.12. The number of rotatable bonds is 8. The van der Waals surface area contributed by atoms with Gasteiger partial charge in [-0.2, -0.15) is 0 Å². The molecule has 1 aliphatic rings. The van der Waals surface area contributed by atoms with Crippen LogP contribution in [-0.2, 0) is 22.6 Å². The van der Waals surface area contributed by atoms with Gasteiger partial charge in [-0.25, -0.2) is 4.99 Å². The minimum absolute atomic E-state index is 0. The summed E-state index contributed by atoms with van der Waals surface area (Å²) in [6.07, 6.45) is 2.62. The monoisotopic (exact) mass is 517 g/mol. The summed E-state index contributed by atoms with van der Waals surface area (Å²) in [7, 11) is 0. The lowest BCUT2D eigenvalue weighted by Gasteiger charge is -2.40. The van der Waals surface area contributed by atoms with Crippen LogP contribution in [-0.4, -0.2) is 38.4 Å². The highest BCUT2D eigenvalue weighted by atomic mass is 127. The Hall–Kier alpha value is -0.860. The van der Waals surface area contributed by atoms with Crippen LogP contribution in [0.3, 0.4) is 0 Å². The predicted octanol–water partition coefficient (Wildman–Crippen LogP) is 4.74. The van der Waals surface area contributed by atoms with Crippen LogP contribution in [0, 0.1) is 11.3 Å². The highest BCUT2D eigenvalue weighted by molar-refractivity contribution is 14.0. The van der Waals surface area contributed by atoms with Crippen LogP contribution in [0.4, 0.5) is 0 Å². The fourth-order valence-corrected chi connectivity index (χ4v) is 3.81. The van der Waals surface area contributed by atoms with E-state index < -0.39 is 0 Å². The number of ether oxygens (including phenoxy) is 2. The Morgan fingerprint density at radius 2 is 1.90 bits per heavy atom. The topological polar surface area (TPSA) is 54.9 Å². The molecular formula is C23H40IN3O2. The highest BCUT2D eigenvalue weighted by Crippen LogP contribution is 2.33. The number of guanidine groups is 1. The van der Waals surface area contributed by atoms with Crippen molar-refractivity contribution < 1.29 is 9.47 Å². The molecule has 0 bridgehead atoms. The van der Waals surface area contributed by atoms with Crippen molar-refractivity contribution in [1.29, 1.82) is 0 Å². The Balaban J connectivity index is 0.00000420. The Morgan fingerprint density at radius 3 is 2.55 bits per heavy atom. The van der Waals surface area contributed by atoms with E-state index in [1.807, 2.05) is 6.92 Å². The Kier molecular flexibility index (Phi) is 12.1. The van der Waals surface area contributed by atoms with Crippen molar-refractivity contribution in [2.75, 3.05) is 26.3 Å². The molecule has 6 heteroatoms. The van der Waals surface area contributed by atoms with Crippen LogP contribution in [0.15, 0.2) is 29.3 Å². The third kappa shape index (κ3) is 8.80. The van der Waals surface area contributed by atoms with Crippen LogP contribution in [0.1, 0.15) is 58.6 Å². The van der Waals surface area contributed by atoms with Gasteiger partial charge in [-0.1, -0.05) is 45.0 Å². The van der Waals surface area contributed by atoms with Crippen LogP contribution in [0.5, 0.6) is 0 Å². The minimum atomic E-state index is 0.